The van der Waals surface area contributed by atoms with E-state index in [1.54, 1.807) is 6.33 Å². The van der Waals surface area contributed by atoms with Gasteiger partial charge in [0.05, 0.1) is 11.0 Å². The second-order valence-electron chi connectivity index (χ2n) is 10.5. The van der Waals surface area contributed by atoms with Crippen molar-refractivity contribution in [3.63, 3.8) is 0 Å². The number of hydrogen-bond donors (Lipinski definition) is 2. The number of nitrogens with zero attached hydrogens (tertiary/aromatic N) is 3. The monoisotopic (exact) mass is 605 g/mol. The number of carbonyl (C=O) groups excluding carboxylic acids is 1. The maximum Gasteiger partial charge on any atom is 0.413 e. The Kier molecular flexibility index (Phi) is 8.38. The third kappa shape index (κ3) is 6.56. The summed E-state index contributed by atoms with van der Waals surface area (Å²) in [6.07, 6.45) is 3.40. The van der Waals surface area contributed by atoms with E-state index in [-0.39, 0.29) is 11.8 Å². The number of amides is 1. The number of carbonyl (C=O) groups is 1. The lowest BCUT2D eigenvalue weighted by Gasteiger charge is -2.24. The smallest absolute Gasteiger partial charge is 0.413 e. The van der Waals surface area contributed by atoms with Crippen LogP contribution in [-0.4, -0.2) is 38.5 Å². The number of fused-ring (bicyclic) bond motifs is 1. The summed E-state index contributed by atoms with van der Waals surface area (Å²) < 4.78 is 19.3. The molecule has 42 heavy (non-hydrogen) atoms. The Labute approximate surface area is 249 Å². The number of aromatic nitrogens is 3. The molecule has 0 unspecified atom stereocenters. The van der Waals surface area contributed by atoms with Gasteiger partial charge in [0.25, 0.3) is 0 Å². The molecular weight excluding hydrogens is 575 g/mol. The predicted molar refractivity (Wildman–Crippen MR) is 163 cm³/mol. The lowest BCUT2D eigenvalue weighted by atomic mass is 10.1. The van der Waals surface area contributed by atoms with Crippen LogP contribution in [0, 0.1) is 5.92 Å². The standard InChI is InChI=1S/C31H30ClN4O5P/c1-21-17-39-42(38,40-18-21)19-22-9-15-25(16-10-22)34-29(37)8-4-7-28-30(23-11-13-24(32)14-12-23)35-31(41-28)36-20-33-26-5-2-3-6-27(26)36/h2-3,5-6,9-16,20-21,38H,4,7-8,17-19H2,1H3/p+1. The van der Waals surface area contributed by atoms with Gasteiger partial charge in [-0.1, -0.05) is 54.9 Å². The second kappa shape index (κ2) is 12.3. The average molecular weight is 606 g/mol. The number of anilines is 1. The summed E-state index contributed by atoms with van der Waals surface area (Å²) >= 11 is 6.12. The molecule has 5 aromatic rings. The molecule has 0 spiro atoms. The molecule has 11 heteroatoms. The molecule has 1 fully saturated rings. The van der Waals surface area contributed by atoms with Crippen molar-refractivity contribution in [2.24, 2.45) is 5.92 Å². The summed E-state index contributed by atoms with van der Waals surface area (Å²) in [5.41, 5.74) is 4.90. The van der Waals surface area contributed by atoms with Crippen molar-refractivity contribution < 1.29 is 23.2 Å². The molecule has 0 radical (unpaired) electrons. The van der Waals surface area contributed by atoms with Crippen molar-refractivity contribution in [2.45, 2.75) is 32.3 Å². The summed E-state index contributed by atoms with van der Waals surface area (Å²) in [7, 11) is -2.88. The highest BCUT2D eigenvalue weighted by Gasteiger charge is 2.45. The van der Waals surface area contributed by atoms with E-state index in [0.717, 1.165) is 22.2 Å². The molecule has 1 amide bonds. The molecule has 2 N–H and O–H groups in total. The number of oxazole rings is 1. The highest BCUT2D eigenvalue weighted by atomic mass is 35.5. The molecule has 0 atom stereocenters. The fraction of sp³-hybridized carbons (Fsp3) is 0.258. The predicted octanol–water partition coefficient (Wildman–Crippen LogP) is 7.23. The summed E-state index contributed by atoms with van der Waals surface area (Å²) in [5.74, 6) is 0.857. The highest BCUT2D eigenvalue weighted by Crippen LogP contribution is 2.61. The van der Waals surface area contributed by atoms with Gasteiger partial charge in [0.2, 0.25) is 5.91 Å². The minimum absolute atomic E-state index is 0.102. The van der Waals surface area contributed by atoms with E-state index in [1.807, 2.05) is 84.3 Å². The van der Waals surface area contributed by atoms with E-state index in [9.17, 15) is 9.69 Å². The minimum atomic E-state index is -2.88. The van der Waals surface area contributed by atoms with Crippen molar-refractivity contribution in [1.82, 2.24) is 14.5 Å². The number of imidazole rings is 1. The van der Waals surface area contributed by atoms with Crippen LogP contribution in [0.3, 0.4) is 0 Å². The number of rotatable bonds is 9. The van der Waals surface area contributed by atoms with Crippen LogP contribution >= 0.6 is 19.5 Å². The zero-order chi connectivity index (χ0) is 29.1. The second-order valence-corrected chi connectivity index (χ2v) is 13.0. The number of halogens is 1. The summed E-state index contributed by atoms with van der Waals surface area (Å²) in [6.45, 7) is 3.01. The molecule has 3 heterocycles. The Morgan fingerprint density at radius 1 is 1.07 bits per heavy atom. The Hall–Kier alpha value is -3.59. The highest BCUT2D eigenvalue weighted by molar-refractivity contribution is 7.59. The first-order valence-corrected chi connectivity index (χ1v) is 16.0. The van der Waals surface area contributed by atoms with Crippen molar-refractivity contribution in [1.29, 1.82) is 0 Å². The van der Waals surface area contributed by atoms with Crippen LogP contribution in [0.1, 0.15) is 31.1 Å². The molecule has 1 aliphatic rings. The fourth-order valence-corrected chi connectivity index (χ4v) is 6.81. The molecule has 1 saturated heterocycles. The molecule has 2 aromatic heterocycles. The summed E-state index contributed by atoms with van der Waals surface area (Å²) in [4.78, 5) is 32.6. The van der Waals surface area contributed by atoms with Crippen molar-refractivity contribution in [2.75, 3.05) is 18.5 Å². The summed E-state index contributed by atoms with van der Waals surface area (Å²) in [5, 5.41) is 3.58. The van der Waals surface area contributed by atoms with Gasteiger partial charge in [-0.05, 0) is 48.4 Å². The van der Waals surface area contributed by atoms with Gasteiger partial charge in [-0.25, -0.2) is 4.98 Å². The van der Waals surface area contributed by atoms with Crippen molar-refractivity contribution >= 4 is 42.2 Å². The number of aryl methyl sites for hydroxylation is 1. The van der Waals surface area contributed by atoms with Gasteiger partial charge < -0.3 is 9.73 Å². The first-order valence-electron chi connectivity index (χ1n) is 13.8. The quantitative estimate of drug-likeness (QED) is 0.170. The minimum Gasteiger partial charge on any atom is -0.427 e. The van der Waals surface area contributed by atoms with Crippen LogP contribution in [0.5, 0.6) is 0 Å². The molecule has 216 valence electrons. The van der Waals surface area contributed by atoms with Crippen LogP contribution in [0.15, 0.2) is 83.5 Å². The average Bonchev–Trinajstić information content (AvgIpc) is 3.61. The van der Waals surface area contributed by atoms with E-state index in [0.29, 0.717) is 66.8 Å². The Morgan fingerprint density at radius 2 is 1.81 bits per heavy atom. The summed E-state index contributed by atoms with van der Waals surface area (Å²) in [6, 6.07) is 23.0. The largest absolute Gasteiger partial charge is 0.427 e. The number of hydrogen-bond acceptors (Lipinski definition) is 7. The molecule has 3 aromatic carbocycles. The zero-order valence-corrected chi connectivity index (χ0v) is 24.7. The van der Waals surface area contributed by atoms with Crippen LogP contribution in [0.25, 0.3) is 28.3 Å². The number of benzene rings is 3. The molecule has 6 rings (SSSR count). The van der Waals surface area contributed by atoms with E-state index in [1.165, 1.54) is 0 Å². The van der Waals surface area contributed by atoms with E-state index in [4.69, 9.17) is 30.0 Å². The van der Waals surface area contributed by atoms with Gasteiger partial charge in [-0.15, -0.1) is 0 Å². The molecule has 0 aliphatic carbocycles. The van der Waals surface area contributed by atoms with Gasteiger partial charge in [-0.3, -0.25) is 9.36 Å². The number of para-hydroxylation sites is 2. The maximum atomic E-state index is 12.8. The Bertz CT molecular complexity index is 1680. The molecule has 0 saturated carbocycles. The first-order chi connectivity index (χ1) is 20.3. The van der Waals surface area contributed by atoms with E-state index in [2.05, 4.69) is 10.3 Å². The molecular formula is C31H31ClN4O5P+. The third-order valence-corrected chi connectivity index (χ3v) is 9.13. The molecule has 0 bridgehead atoms. The molecule has 1 aliphatic heterocycles. The molecule has 9 nitrogen and oxygen atoms in total. The normalized spacial score (nSPS) is 18.8. The van der Waals surface area contributed by atoms with Crippen molar-refractivity contribution in [3.05, 3.63) is 95.5 Å². The van der Waals surface area contributed by atoms with Crippen LogP contribution in [0.2, 0.25) is 5.02 Å². The van der Waals surface area contributed by atoms with Gasteiger partial charge in [0.1, 0.15) is 31.0 Å². The lowest BCUT2D eigenvalue weighted by Crippen LogP contribution is -2.22. The van der Waals surface area contributed by atoms with E-state index >= 15 is 0 Å². The fourth-order valence-electron chi connectivity index (χ4n) is 4.78. The van der Waals surface area contributed by atoms with Crippen LogP contribution < -0.4 is 5.32 Å². The maximum absolute atomic E-state index is 12.8. The van der Waals surface area contributed by atoms with Crippen molar-refractivity contribution in [3.8, 4) is 17.3 Å². The number of nitrogens with one attached hydrogen (secondary N) is 1. The first kappa shape index (κ1) is 28.5. The Morgan fingerprint density at radius 3 is 2.57 bits per heavy atom. The third-order valence-electron chi connectivity index (χ3n) is 7.01. The topological polar surface area (TPSA) is 112 Å². The van der Waals surface area contributed by atoms with Crippen LogP contribution in [-0.2, 0) is 26.4 Å². The van der Waals surface area contributed by atoms with Gasteiger partial charge in [-0.2, -0.15) is 18.9 Å². The lowest BCUT2D eigenvalue weighted by molar-refractivity contribution is -0.116. The SMILES string of the molecule is CC1CO[P+](O)(Cc2ccc(NC(=O)CCCc3oc(-n4cnc5ccccc54)nc3-c3ccc(Cl)cc3)cc2)OC1. The van der Waals surface area contributed by atoms with Crippen LogP contribution in [0.4, 0.5) is 5.69 Å². The van der Waals surface area contributed by atoms with Gasteiger partial charge in [0.15, 0.2) is 6.16 Å². The zero-order valence-electron chi connectivity index (χ0n) is 23.1. The Balaban J connectivity index is 1.10. The van der Waals surface area contributed by atoms with E-state index < -0.39 is 7.94 Å². The van der Waals surface area contributed by atoms with Gasteiger partial charge in [0, 0.05) is 35.0 Å². The van der Waals surface area contributed by atoms with Gasteiger partial charge >= 0.3 is 14.0 Å².